The van der Waals surface area contributed by atoms with Crippen molar-refractivity contribution in [2.24, 2.45) is 0 Å². The highest BCUT2D eigenvalue weighted by molar-refractivity contribution is 7.89. The van der Waals surface area contributed by atoms with Gasteiger partial charge in [0.2, 0.25) is 5.91 Å². The second kappa shape index (κ2) is 8.06. The molecule has 0 fully saturated rings. The number of rotatable bonds is 6. The van der Waals surface area contributed by atoms with Crippen molar-refractivity contribution in [1.82, 2.24) is 23.9 Å². The molecule has 164 valence electrons. The number of aliphatic hydroxyl groups excluding tert-OH is 1. The molecular weight excluding hydrogens is 449 g/mol. The molecule has 4 rings (SSSR count). The molecule has 1 aliphatic rings. The lowest BCUT2D eigenvalue weighted by molar-refractivity contribution is -0.134. The van der Waals surface area contributed by atoms with Gasteiger partial charge < -0.3 is 10.0 Å². The fourth-order valence-electron chi connectivity index (χ4n) is 3.48. The second-order valence-electron chi connectivity index (χ2n) is 7.08. The number of fused-ring (bicyclic) bond motifs is 1. The van der Waals surface area contributed by atoms with Crippen LogP contribution in [-0.2, 0) is 34.5 Å². The smallest absolute Gasteiger partial charge is 0.286 e. The van der Waals surface area contributed by atoms with Gasteiger partial charge in [-0.05, 0) is 18.6 Å². The molecule has 0 bridgehead atoms. The molecule has 1 aliphatic heterocycles. The Morgan fingerprint density at radius 2 is 2.10 bits per heavy atom. The normalized spacial score (nSPS) is 14.6. The zero-order valence-corrected chi connectivity index (χ0v) is 18.0. The summed E-state index contributed by atoms with van der Waals surface area (Å²) in [7, 11) is -3.90. The number of halogens is 2. The van der Waals surface area contributed by atoms with Gasteiger partial charge in [-0.15, -0.1) is 0 Å². The molecule has 2 aromatic heterocycles. The van der Waals surface area contributed by atoms with Crippen LogP contribution in [0.25, 0.3) is 0 Å². The van der Waals surface area contributed by atoms with Gasteiger partial charge in [0.05, 0.1) is 36.0 Å². The zero-order valence-electron chi connectivity index (χ0n) is 16.4. The molecule has 0 saturated heterocycles. The Hall–Kier alpha value is -2.76. The van der Waals surface area contributed by atoms with Crippen molar-refractivity contribution in [3.8, 4) is 0 Å². The minimum atomic E-state index is -3.90. The molecule has 12 heteroatoms. The van der Waals surface area contributed by atoms with Crippen LogP contribution in [0.2, 0.25) is 5.02 Å². The van der Waals surface area contributed by atoms with Crippen LogP contribution < -0.4 is 0 Å². The van der Waals surface area contributed by atoms with E-state index in [0.717, 1.165) is 4.09 Å². The lowest BCUT2D eigenvalue weighted by Gasteiger charge is -2.23. The summed E-state index contributed by atoms with van der Waals surface area (Å²) in [6.45, 7) is 2.00. The maximum Gasteiger partial charge on any atom is 0.286 e. The second-order valence-corrected chi connectivity index (χ2v) is 9.26. The molecule has 0 radical (unpaired) electrons. The molecule has 0 spiro atoms. The molecule has 31 heavy (non-hydrogen) atoms. The van der Waals surface area contributed by atoms with Gasteiger partial charge in [-0.25, -0.2) is 4.39 Å². The molecule has 0 unspecified atom stereocenters. The van der Waals surface area contributed by atoms with E-state index in [9.17, 15) is 22.7 Å². The van der Waals surface area contributed by atoms with Crippen LogP contribution in [0.3, 0.4) is 0 Å². The van der Waals surface area contributed by atoms with Gasteiger partial charge in [0.15, 0.2) is 0 Å². The van der Waals surface area contributed by atoms with Crippen LogP contribution in [0.15, 0.2) is 41.7 Å². The topological polar surface area (TPSA) is 110 Å². The summed E-state index contributed by atoms with van der Waals surface area (Å²) in [4.78, 5) is 14.4. The monoisotopic (exact) mass is 467 g/mol. The molecule has 9 nitrogen and oxygen atoms in total. The van der Waals surface area contributed by atoms with Crippen LogP contribution in [0.4, 0.5) is 4.39 Å². The Bertz CT molecular complexity index is 1230. The van der Waals surface area contributed by atoms with Gasteiger partial charge in [0, 0.05) is 31.0 Å². The van der Waals surface area contributed by atoms with E-state index in [1.54, 1.807) is 0 Å². The standard InChI is InChI=1S/C19H19ClFN5O4S/c1-2-25-9-13(6-22-25)31(29,30)26-8-12-7-24(10-17(12)23-26)19(28)15(11-27)14-4-3-5-16(21)18(14)20/h3-6,8-9,15,27H,2,7,10-11H2,1H3/t15-/m1/s1. The lowest BCUT2D eigenvalue weighted by Crippen LogP contribution is -2.33. The molecule has 1 atom stereocenters. The predicted molar refractivity (Wildman–Crippen MR) is 108 cm³/mol. The Morgan fingerprint density at radius 3 is 2.74 bits per heavy atom. The van der Waals surface area contributed by atoms with Gasteiger partial charge in [-0.3, -0.25) is 9.48 Å². The number of carbonyl (C=O) groups excluding carboxylic acids is 1. The third kappa shape index (κ3) is 3.73. The van der Waals surface area contributed by atoms with E-state index in [1.165, 1.54) is 46.4 Å². The van der Waals surface area contributed by atoms with Crippen molar-refractivity contribution < 1.29 is 22.7 Å². The van der Waals surface area contributed by atoms with Gasteiger partial charge in [0.25, 0.3) is 10.0 Å². The van der Waals surface area contributed by atoms with Crippen LogP contribution in [0, 0.1) is 5.82 Å². The summed E-state index contributed by atoms with van der Waals surface area (Å²) >= 11 is 5.98. The summed E-state index contributed by atoms with van der Waals surface area (Å²) < 4.78 is 41.7. The Kier molecular flexibility index (Phi) is 5.58. The van der Waals surface area contributed by atoms with E-state index in [-0.39, 0.29) is 28.6 Å². The number of hydrogen-bond acceptors (Lipinski definition) is 6. The van der Waals surface area contributed by atoms with Gasteiger partial charge in [0.1, 0.15) is 10.7 Å². The summed E-state index contributed by atoms with van der Waals surface area (Å²) in [6.07, 6.45) is 4.05. The highest BCUT2D eigenvalue weighted by atomic mass is 35.5. The minimum absolute atomic E-state index is 0.0181. The summed E-state index contributed by atoms with van der Waals surface area (Å²) in [5.74, 6) is -2.17. The fourth-order valence-corrected chi connectivity index (χ4v) is 4.87. The number of nitrogens with zero attached hydrogens (tertiary/aromatic N) is 5. The van der Waals surface area contributed by atoms with Crippen molar-refractivity contribution in [2.75, 3.05) is 6.61 Å². The first-order valence-electron chi connectivity index (χ1n) is 9.45. The molecule has 0 saturated carbocycles. The van der Waals surface area contributed by atoms with E-state index in [1.807, 2.05) is 6.92 Å². The quantitative estimate of drug-likeness (QED) is 0.591. The van der Waals surface area contributed by atoms with Crippen molar-refractivity contribution in [3.63, 3.8) is 0 Å². The number of carbonyl (C=O) groups is 1. The highest BCUT2D eigenvalue weighted by Crippen LogP contribution is 2.31. The average molecular weight is 468 g/mol. The maximum absolute atomic E-state index is 13.8. The molecule has 1 amide bonds. The number of aryl methyl sites for hydroxylation is 1. The van der Waals surface area contributed by atoms with Crippen LogP contribution in [0.1, 0.15) is 29.7 Å². The largest absolute Gasteiger partial charge is 0.395 e. The minimum Gasteiger partial charge on any atom is -0.395 e. The zero-order chi connectivity index (χ0) is 22.3. The summed E-state index contributed by atoms with van der Waals surface area (Å²) in [5.41, 5.74) is 1.20. The Balaban J connectivity index is 1.55. The highest BCUT2D eigenvalue weighted by Gasteiger charge is 2.34. The SMILES string of the molecule is CCn1cc(S(=O)(=O)n2cc3c(n2)CN(C(=O)[C@H](CO)c2cccc(F)c2Cl)C3)cn1. The predicted octanol–water partition coefficient (Wildman–Crippen LogP) is 1.75. The van der Waals surface area contributed by atoms with E-state index < -0.39 is 34.3 Å². The van der Waals surface area contributed by atoms with Crippen molar-refractivity contribution >= 4 is 27.5 Å². The average Bonchev–Trinajstić information content (AvgIpc) is 3.46. The van der Waals surface area contributed by atoms with Gasteiger partial charge in [-0.1, -0.05) is 23.7 Å². The molecule has 3 aromatic rings. The maximum atomic E-state index is 13.8. The van der Waals surface area contributed by atoms with Crippen LogP contribution in [0.5, 0.6) is 0 Å². The number of benzene rings is 1. The first-order valence-corrected chi connectivity index (χ1v) is 11.3. The fraction of sp³-hybridized carbons (Fsp3) is 0.316. The van der Waals surface area contributed by atoms with E-state index in [2.05, 4.69) is 10.2 Å². The first-order chi connectivity index (χ1) is 14.8. The summed E-state index contributed by atoms with van der Waals surface area (Å²) in [5, 5.41) is 17.7. The molecular formula is C19H19ClFN5O4S. The van der Waals surface area contributed by atoms with E-state index in [0.29, 0.717) is 17.8 Å². The molecule has 1 N–H and O–H groups in total. The van der Waals surface area contributed by atoms with E-state index >= 15 is 0 Å². The number of hydrogen-bond donors (Lipinski definition) is 1. The first kappa shape index (κ1) is 21.5. The third-order valence-corrected chi connectivity index (χ3v) is 7.07. The molecule has 1 aromatic carbocycles. The van der Waals surface area contributed by atoms with Crippen LogP contribution >= 0.6 is 11.6 Å². The van der Waals surface area contributed by atoms with Crippen molar-refractivity contribution in [2.45, 2.75) is 37.4 Å². The molecule has 0 aliphatic carbocycles. The number of amides is 1. The van der Waals surface area contributed by atoms with Gasteiger partial charge >= 0.3 is 0 Å². The van der Waals surface area contributed by atoms with Crippen LogP contribution in [-0.4, -0.2) is 49.9 Å². The summed E-state index contributed by atoms with van der Waals surface area (Å²) in [6, 6.07) is 4.08. The Morgan fingerprint density at radius 1 is 1.32 bits per heavy atom. The van der Waals surface area contributed by atoms with E-state index in [4.69, 9.17) is 11.6 Å². The third-order valence-electron chi connectivity index (χ3n) is 5.18. The number of aromatic nitrogens is 4. The number of aliphatic hydroxyl groups is 1. The lowest BCUT2D eigenvalue weighted by atomic mass is 9.98. The van der Waals surface area contributed by atoms with Crippen molar-refractivity contribution in [1.29, 1.82) is 0 Å². The van der Waals surface area contributed by atoms with Gasteiger partial charge in [-0.2, -0.15) is 22.7 Å². The Labute approximate surface area is 182 Å². The molecule has 3 heterocycles. The van der Waals surface area contributed by atoms with Crippen molar-refractivity contribution in [3.05, 3.63) is 64.5 Å².